The third-order valence-corrected chi connectivity index (χ3v) is 9.17. The van der Waals surface area contributed by atoms with E-state index in [9.17, 15) is 0 Å². The molecule has 31 heavy (non-hydrogen) atoms. The highest BCUT2D eigenvalue weighted by Crippen LogP contribution is 2.59. The van der Waals surface area contributed by atoms with Crippen LogP contribution in [0.4, 0.5) is 0 Å². The second-order valence-corrected chi connectivity index (χ2v) is 11.1. The molecule has 172 valence electrons. The molecule has 2 bridgehead atoms. The first-order chi connectivity index (χ1) is 15.2. The molecule has 1 aromatic carbocycles. The van der Waals surface area contributed by atoms with Crippen LogP contribution in [0.2, 0.25) is 0 Å². The Hall–Kier alpha value is -1.08. The lowest BCUT2D eigenvalue weighted by Crippen LogP contribution is -2.44. The van der Waals surface area contributed by atoms with Gasteiger partial charge in [-0.05, 0) is 105 Å². The first-order valence-electron chi connectivity index (χ1n) is 13.6. The van der Waals surface area contributed by atoms with Crippen molar-refractivity contribution in [3.05, 3.63) is 47.5 Å². The van der Waals surface area contributed by atoms with E-state index < -0.39 is 0 Å². The molecule has 4 fully saturated rings. The van der Waals surface area contributed by atoms with Gasteiger partial charge in [-0.15, -0.1) is 0 Å². The highest BCUT2D eigenvalue weighted by Gasteiger charge is 2.48. The molecule has 0 saturated heterocycles. The second kappa shape index (κ2) is 10.7. The Balaban J connectivity index is 1.25. The van der Waals surface area contributed by atoms with Crippen molar-refractivity contribution in [3.8, 4) is 0 Å². The number of hydrogen-bond donors (Lipinski definition) is 0. The summed E-state index contributed by atoms with van der Waals surface area (Å²) in [6, 6.07) is 9.98. The molecular formula is C30H46O. The molecule has 1 heteroatoms. The van der Waals surface area contributed by atoms with Crippen molar-refractivity contribution in [2.75, 3.05) is 6.61 Å². The van der Waals surface area contributed by atoms with Crippen LogP contribution in [0.3, 0.4) is 0 Å². The summed E-state index contributed by atoms with van der Waals surface area (Å²) in [5, 5.41) is 0. The molecule has 0 N–H and O–H groups in total. The molecule has 0 aliphatic heterocycles. The van der Waals surface area contributed by atoms with Gasteiger partial charge in [0, 0.05) is 0 Å². The third-order valence-electron chi connectivity index (χ3n) is 9.17. The zero-order chi connectivity index (χ0) is 21.6. The van der Waals surface area contributed by atoms with Crippen LogP contribution in [-0.2, 0) is 10.2 Å². The molecule has 5 rings (SSSR count). The summed E-state index contributed by atoms with van der Waals surface area (Å²) in [7, 11) is 0. The van der Waals surface area contributed by atoms with Crippen molar-refractivity contribution in [2.24, 2.45) is 5.41 Å². The number of unbranched alkanes of at least 4 members (excludes halogenated alkanes) is 2. The van der Waals surface area contributed by atoms with E-state index >= 15 is 0 Å². The van der Waals surface area contributed by atoms with Crippen LogP contribution in [-0.4, -0.2) is 12.7 Å². The van der Waals surface area contributed by atoms with E-state index in [1.807, 2.05) is 0 Å². The monoisotopic (exact) mass is 422 g/mol. The van der Waals surface area contributed by atoms with Crippen LogP contribution in [0.1, 0.15) is 127 Å². The van der Waals surface area contributed by atoms with Crippen LogP contribution in [0.25, 0.3) is 0 Å². The normalized spacial score (nSPS) is 33.2. The Labute approximate surface area is 192 Å². The molecule has 0 spiro atoms. The van der Waals surface area contributed by atoms with Crippen molar-refractivity contribution < 1.29 is 4.74 Å². The quantitative estimate of drug-likeness (QED) is 0.270. The van der Waals surface area contributed by atoms with Crippen molar-refractivity contribution in [3.63, 3.8) is 0 Å². The molecule has 0 aromatic heterocycles. The summed E-state index contributed by atoms with van der Waals surface area (Å²) in [6.45, 7) is 5.42. The van der Waals surface area contributed by atoms with Crippen molar-refractivity contribution in [1.29, 1.82) is 0 Å². The lowest BCUT2D eigenvalue weighted by atomic mass is 9.51. The predicted molar refractivity (Wildman–Crippen MR) is 133 cm³/mol. The van der Waals surface area contributed by atoms with Gasteiger partial charge in [0.1, 0.15) is 0 Å². The van der Waals surface area contributed by atoms with Gasteiger partial charge >= 0.3 is 0 Å². The standard InChI is InChI=1S/C30H46O/c1-3-5-6-7-8-24-31-28-15-11-26(12-16-28)25-9-13-27(14-10-25)30-21-18-29(17-4-2,19-22-30)20-23-30/h7-10,13-14,26,28H,3-6,11-12,15-24H2,1-2H3/b8-7+. The average Bonchev–Trinajstić information content (AvgIpc) is 2.83. The Morgan fingerprint density at radius 3 is 2.13 bits per heavy atom. The molecule has 0 atom stereocenters. The minimum absolute atomic E-state index is 0.470. The van der Waals surface area contributed by atoms with Crippen LogP contribution in [0.15, 0.2) is 36.4 Å². The summed E-state index contributed by atoms with van der Waals surface area (Å²) in [6.07, 6.45) is 25.3. The summed E-state index contributed by atoms with van der Waals surface area (Å²) in [5.74, 6) is 0.737. The van der Waals surface area contributed by atoms with Crippen molar-refractivity contribution >= 4 is 0 Å². The van der Waals surface area contributed by atoms with Crippen LogP contribution >= 0.6 is 0 Å². The van der Waals surface area contributed by atoms with Crippen LogP contribution in [0, 0.1) is 5.41 Å². The number of rotatable bonds is 10. The molecule has 0 heterocycles. The maximum absolute atomic E-state index is 6.12. The summed E-state index contributed by atoms with van der Waals surface area (Å²) >= 11 is 0. The SMILES string of the molecule is CCCC/C=C/COC1CCC(c2ccc(C34CCC(CCC)(CC3)CC4)cc2)CC1. The van der Waals surface area contributed by atoms with E-state index in [2.05, 4.69) is 50.3 Å². The minimum Gasteiger partial charge on any atom is -0.374 e. The molecule has 4 saturated carbocycles. The lowest BCUT2D eigenvalue weighted by Gasteiger charge is -2.54. The Morgan fingerprint density at radius 2 is 1.52 bits per heavy atom. The molecule has 0 amide bonds. The van der Waals surface area contributed by atoms with Gasteiger partial charge in [0.15, 0.2) is 0 Å². The maximum Gasteiger partial charge on any atom is 0.0651 e. The summed E-state index contributed by atoms with van der Waals surface area (Å²) in [4.78, 5) is 0. The lowest BCUT2D eigenvalue weighted by molar-refractivity contribution is 0.0320. The van der Waals surface area contributed by atoms with Crippen molar-refractivity contribution in [2.45, 2.75) is 128 Å². The first-order valence-corrected chi connectivity index (χ1v) is 13.6. The highest BCUT2D eigenvalue weighted by molar-refractivity contribution is 5.33. The molecule has 1 nitrogen and oxygen atoms in total. The predicted octanol–water partition coefficient (Wildman–Crippen LogP) is 8.87. The molecule has 0 radical (unpaired) electrons. The van der Waals surface area contributed by atoms with Gasteiger partial charge in [-0.1, -0.05) is 69.5 Å². The average molecular weight is 423 g/mol. The highest BCUT2D eigenvalue weighted by atomic mass is 16.5. The van der Waals surface area contributed by atoms with E-state index in [1.165, 1.54) is 96.3 Å². The maximum atomic E-state index is 6.12. The Morgan fingerprint density at radius 1 is 0.839 bits per heavy atom. The number of hydrogen-bond acceptors (Lipinski definition) is 1. The topological polar surface area (TPSA) is 9.23 Å². The summed E-state index contributed by atoms with van der Waals surface area (Å²) < 4.78 is 6.12. The Bertz CT molecular complexity index is 667. The molecule has 0 unspecified atom stereocenters. The van der Waals surface area contributed by atoms with Crippen LogP contribution < -0.4 is 0 Å². The number of fused-ring (bicyclic) bond motifs is 3. The molecule has 1 aromatic rings. The van der Waals surface area contributed by atoms with Gasteiger partial charge in [0.2, 0.25) is 0 Å². The third kappa shape index (κ3) is 5.47. The Kier molecular flexibility index (Phi) is 7.96. The zero-order valence-corrected chi connectivity index (χ0v) is 20.3. The van der Waals surface area contributed by atoms with Gasteiger partial charge in [-0.3, -0.25) is 0 Å². The molecule has 4 aliphatic rings. The zero-order valence-electron chi connectivity index (χ0n) is 20.3. The minimum atomic E-state index is 0.470. The van der Waals surface area contributed by atoms with Crippen molar-refractivity contribution in [1.82, 2.24) is 0 Å². The second-order valence-electron chi connectivity index (χ2n) is 11.1. The van der Waals surface area contributed by atoms with E-state index in [-0.39, 0.29) is 0 Å². The first kappa shape index (κ1) is 23.1. The number of ether oxygens (including phenoxy) is 1. The number of benzene rings is 1. The largest absolute Gasteiger partial charge is 0.374 e. The smallest absolute Gasteiger partial charge is 0.0651 e. The van der Waals surface area contributed by atoms with E-state index in [4.69, 9.17) is 4.74 Å². The van der Waals surface area contributed by atoms with Gasteiger partial charge < -0.3 is 4.74 Å². The fraction of sp³-hybridized carbons (Fsp3) is 0.733. The molecule has 4 aliphatic carbocycles. The fourth-order valence-corrected chi connectivity index (χ4v) is 6.97. The van der Waals surface area contributed by atoms with E-state index in [0.29, 0.717) is 16.9 Å². The van der Waals surface area contributed by atoms with Crippen LogP contribution in [0.5, 0.6) is 0 Å². The molecular weight excluding hydrogens is 376 g/mol. The van der Waals surface area contributed by atoms with Gasteiger partial charge in [0.25, 0.3) is 0 Å². The van der Waals surface area contributed by atoms with Gasteiger partial charge in [0.05, 0.1) is 12.7 Å². The van der Waals surface area contributed by atoms with E-state index in [0.717, 1.165) is 12.5 Å². The van der Waals surface area contributed by atoms with Gasteiger partial charge in [-0.25, -0.2) is 0 Å². The number of allylic oxidation sites excluding steroid dienone is 1. The summed E-state index contributed by atoms with van der Waals surface area (Å²) in [5.41, 5.74) is 4.44. The van der Waals surface area contributed by atoms with E-state index in [1.54, 1.807) is 11.1 Å². The van der Waals surface area contributed by atoms with Gasteiger partial charge in [-0.2, -0.15) is 0 Å². The fourth-order valence-electron chi connectivity index (χ4n) is 6.97.